The van der Waals surface area contributed by atoms with Crippen molar-refractivity contribution in [2.45, 2.75) is 34.6 Å². The summed E-state index contributed by atoms with van der Waals surface area (Å²) in [6.45, 7) is 9.96. The summed E-state index contributed by atoms with van der Waals surface area (Å²) in [5.41, 5.74) is 29.6. The molecule has 0 fully saturated rings. The number of ketones is 3. The van der Waals surface area contributed by atoms with E-state index in [9.17, 15) is 33.6 Å². The third-order valence-corrected chi connectivity index (χ3v) is 14.3. The number of benzene rings is 9. The lowest BCUT2D eigenvalue weighted by Crippen LogP contribution is -3.00. The van der Waals surface area contributed by atoms with Gasteiger partial charge >= 0.3 is 0 Å². The van der Waals surface area contributed by atoms with Gasteiger partial charge in [-0.25, -0.2) is 21.2 Å². The first kappa shape index (κ1) is 85.6. The summed E-state index contributed by atoms with van der Waals surface area (Å²) in [4.78, 5) is 93.7. The Kier molecular flexibility index (Phi) is 39.0. The Morgan fingerprint density at radius 3 is 1.00 bits per heavy atom. The number of hydrogen-bond acceptors (Lipinski definition) is 13. The number of nitrogens with one attached hydrogen (secondary N) is 2. The van der Waals surface area contributed by atoms with Gasteiger partial charge in [-0.05, 0) is 155 Å². The number of halogens is 4. The number of hydrogen-bond donors (Lipinski definition) is 6. The second-order valence-electron chi connectivity index (χ2n) is 21.2. The Bertz CT molecular complexity index is 4150. The first-order valence-electron chi connectivity index (χ1n) is 29.7. The van der Waals surface area contributed by atoms with Gasteiger partial charge in [0, 0.05) is 92.4 Å². The lowest BCUT2D eigenvalue weighted by Gasteiger charge is -2.15. The number of nitrogens with two attached hydrogens (primary N) is 4. The first-order valence-corrected chi connectivity index (χ1v) is 32.1. The van der Waals surface area contributed by atoms with Crippen molar-refractivity contribution in [2.75, 3.05) is 42.4 Å². The summed E-state index contributed by atoms with van der Waals surface area (Å²) in [5.74, 6) is 4.05. The van der Waals surface area contributed by atoms with Crippen LogP contribution >= 0.6 is 63.6 Å². The number of thiocarbonyl (C=S) groups is 2. The number of carbonyl (C=O) groups excluding carboxylic acids is 7. The van der Waals surface area contributed by atoms with E-state index < -0.39 is 10.5 Å². The van der Waals surface area contributed by atoms with Crippen molar-refractivity contribution in [2.24, 2.45) is 22.4 Å². The quantitative estimate of drug-likeness (QED) is 0.0139. The van der Waals surface area contributed by atoms with Crippen LogP contribution < -0.4 is 46.0 Å². The predicted molar refractivity (Wildman–Crippen MR) is 402 cm³/mol. The van der Waals surface area contributed by atoms with Gasteiger partial charge in [-0.1, -0.05) is 189 Å². The second kappa shape index (κ2) is 45.2. The van der Waals surface area contributed by atoms with Crippen molar-refractivity contribution in [3.63, 3.8) is 0 Å². The monoisotopic (exact) mass is 1500 g/mol. The minimum atomic E-state index is -0.602. The van der Waals surface area contributed by atoms with Crippen molar-refractivity contribution >= 4 is 119 Å². The fourth-order valence-corrected chi connectivity index (χ4v) is 9.14. The number of nitrogens with zero attached hydrogens (tertiary/aromatic N) is 3. The van der Waals surface area contributed by atoms with E-state index in [0.717, 1.165) is 42.9 Å². The third-order valence-electron chi connectivity index (χ3n) is 13.2. The normalized spacial score (nSPS) is 9.91. The average Bonchev–Trinajstić information content (AvgIpc) is 0.832. The zero-order chi connectivity index (χ0) is 73.0. The van der Waals surface area contributed by atoms with Crippen LogP contribution in [0.5, 0.6) is 0 Å². The number of hydrazone groups is 1. The average molecular weight is 1500 g/mol. The fourth-order valence-electron chi connectivity index (χ4n) is 8.34. The maximum absolute atomic E-state index is 12.9. The molecule has 0 saturated heterocycles. The molecule has 99 heavy (non-hydrogen) atoms. The lowest BCUT2D eigenvalue weighted by molar-refractivity contribution is -0.871. The molecule has 0 aromatic heterocycles. The highest BCUT2D eigenvalue weighted by atomic mass is 79.9. The molecule has 18 nitrogen and oxygen atoms in total. The summed E-state index contributed by atoms with van der Waals surface area (Å²) in [7, 11) is 9.71. The highest BCUT2D eigenvalue weighted by Crippen LogP contribution is 2.20. The molecule has 0 heterocycles. The molecule has 9 aromatic rings. The van der Waals surface area contributed by atoms with Crippen LogP contribution in [-0.4, -0.2) is 108 Å². The number of aryl methyl sites for hydroxylation is 5. The molecule has 2 amide bonds. The Balaban J connectivity index is 0.000000425. The van der Waals surface area contributed by atoms with Crippen LogP contribution in [0.25, 0.3) is 0 Å². The van der Waals surface area contributed by atoms with Gasteiger partial charge in [0.2, 0.25) is 0 Å². The molecule has 10 N–H and O–H groups in total. The largest absolute Gasteiger partial charge is 1.00 e. The summed E-state index contributed by atoms with van der Waals surface area (Å²) in [5, 5.41) is 4.48. The smallest absolute Gasteiger partial charge is 0.277 e. The van der Waals surface area contributed by atoms with E-state index in [-0.39, 0.29) is 62.9 Å². The van der Waals surface area contributed by atoms with Crippen molar-refractivity contribution in [3.05, 3.63) is 317 Å². The molecule has 9 rings (SSSR count). The molecule has 0 radical (unpaired) electrons. The van der Waals surface area contributed by atoms with Crippen molar-refractivity contribution in [1.82, 2.24) is 20.8 Å². The van der Waals surface area contributed by atoms with Crippen LogP contribution in [0.4, 0.5) is 0 Å². The summed E-state index contributed by atoms with van der Waals surface area (Å²) < 4.78 is 1.15. The van der Waals surface area contributed by atoms with E-state index in [0.29, 0.717) is 50.2 Å². The molecule has 0 aliphatic carbocycles. The summed E-state index contributed by atoms with van der Waals surface area (Å²) >= 11 is 22.9. The van der Waals surface area contributed by atoms with Gasteiger partial charge in [0.15, 0.2) is 27.6 Å². The zero-order valence-corrected chi connectivity index (χ0v) is 61.9. The van der Waals surface area contributed by atoms with Gasteiger partial charge in [-0.3, -0.25) is 43.8 Å². The Morgan fingerprint density at radius 2 is 0.707 bits per heavy atom. The van der Waals surface area contributed by atoms with E-state index >= 15 is 0 Å². The molecule has 0 bridgehead atoms. The molecular formula is C75H79BrCl3N9O9S2. The molecule has 0 saturated carbocycles. The van der Waals surface area contributed by atoms with Gasteiger partial charge < -0.3 is 34.2 Å². The van der Waals surface area contributed by atoms with Crippen LogP contribution in [0.2, 0.25) is 0 Å². The van der Waals surface area contributed by atoms with E-state index in [2.05, 4.69) is 68.4 Å². The van der Waals surface area contributed by atoms with Gasteiger partial charge in [0.25, 0.3) is 22.3 Å². The summed E-state index contributed by atoms with van der Waals surface area (Å²) in [6, 6.07) is 65.5. The van der Waals surface area contributed by atoms with E-state index in [1.165, 1.54) is 42.8 Å². The molecule has 0 atom stereocenters. The number of amides is 2. The van der Waals surface area contributed by atoms with Crippen LogP contribution in [0, 0.1) is 34.6 Å². The van der Waals surface area contributed by atoms with Crippen LogP contribution in [0.15, 0.2) is 228 Å². The van der Waals surface area contributed by atoms with E-state index in [1.807, 2.05) is 161 Å². The van der Waals surface area contributed by atoms with Crippen LogP contribution in [-0.2, 0) is 9.68 Å². The molecule has 0 spiro atoms. The lowest BCUT2D eigenvalue weighted by atomic mass is 9.96. The minimum Gasteiger partial charge on any atom is -1.00 e. The molecule has 9 aromatic carbocycles. The minimum absolute atomic E-state index is 0. The zero-order valence-electron chi connectivity index (χ0n) is 56.4. The number of rotatable bonds is 15. The first-order chi connectivity index (χ1) is 46.5. The van der Waals surface area contributed by atoms with Gasteiger partial charge in [-0.15, -0.1) is 0 Å². The molecule has 518 valence electrons. The number of hydrazine groups is 1. The number of carbonyl (C=O) groups is 7. The van der Waals surface area contributed by atoms with Crippen molar-refractivity contribution in [3.8, 4) is 0 Å². The highest BCUT2D eigenvalue weighted by Gasteiger charge is 2.18. The van der Waals surface area contributed by atoms with Crippen LogP contribution in [0.3, 0.4) is 0 Å². The van der Waals surface area contributed by atoms with Gasteiger partial charge in [0.1, 0.15) is 0 Å². The molecule has 24 heteroatoms. The van der Waals surface area contributed by atoms with E-state index in [1.54, 1.807) is 93.4 Å². The Morgan fingerprint density at radius 1 is 0.444 bits per heavy atom. The fraction of sp³-hybridized carbons (Fsp3) is 0.147. The second-order valence-corrected chi connectivity index (χ2v) is 23.7. The molecule has 0 aliphatic rings. The molecule has 0 unspecified atom stereocenters. The third kappa shape index (κ3) is 30.9. The Hall–Kier alpha value is -9.49. The SMILES string of the molecule is CON(C)C(=O)c1cccc(C(=O)N(C)C)c1.C[NH2+]OC.Cc1cccc(Br)c1.Cc1cccc(C(=O)c2cccc(C(=NNC(N)=S)c3cccc(C)c3)c2)c1.Cc1cccc(C(=O)c2cccc(C(=O)c3cccc(C)c3)c2)c1.NNC(N)=S.O=C(Cl)c1cccc(C(=O)Cl)c1.[Cl-]. The number of hydroxylamine groups is 3. The van der Waals surface area contributed by atoms with Crippen LogP contribution in [0.1, 0.15) is 128 Å². The number of quaternary nitrogens is 1. The van der Waals surface area contributed by atoms with Gasteiger partial charge in [0.05, 0.1) is 27.0 Å². The Labute approximate surface area is 613 Å². The maximum Gasteiger partial charge on any atom is 0.277 e. The molecule has 0 aliphatic heterocycles. The topological polar surface area (TPSA) is 276 Å². The van der Waals surface area contributed by atoms with Gasteiger partial charge in [-0.2, -0.15) is 5.10 Å². The molecular weight excluding hydrogens is 1420 g/mol. The van der Waals surface area contributed by atoms with Crippen molar-refractivity contribution < 1.29 is 61.1 Å². The predicted octanol–water partition coefficient (Wildman–Crippen LogP) is 9.55. The standard InChI is InChI=1S/C23H21N3OS.C22H18O2.C12H16N2O3.C8H4Cl2O2.C7H7Br.C2H7NO.CH5N3S.ClH/c1-15-6-3-8-17(12-15)21(25-26-23(24)28)18-9-5-11-20(14-18)22(27)19-10-4-7-16(2)13-19;1-15-6-3-8-17(12-15)21(23)19-10-5-11-20(14-19)22(24)18-9-4-7-16(2)13-18;1-13(2)11(15)9-6-5-7-10(8-9)12(16)14(3)17-4;9-7(11)5-2-1-3-6(4-5)8(10)12;1-6-3-2-4-7(8)5-6;1-3-4-2;2-1(5)4-3;/h3-14H,1-2H3,(H3,24,26,28);3-14H,1-2H3;5-8H,1-4H3;1-4H;2-5H,1H3;3H,1-2H3;3H2,(H3,2,4,5);1H. The highest BCUT2D eigenvalue weighted by molar-refractivity contribution is 9.10. The summed E-state index contributed by atoms with van der Waals surface area (Å²) in [6.07, 6.45) is 0. The van der Waals surface area contributed by atoms with E-state index in [4.69, 9.17) is 51.7 Å². The van der Waals surface area contributed by atoms with Crippen molar-refractivity contribution in [1.29, 1.82) is 0 Å². The maximum atomic E-state index is 12.9.